The Morgan fingerprint density at radius 1 is 0.927 bits per heavy atom. The van der Waals surface area contributed by atoms with Crippen molar-refractivity contribution in [2.75, 3.05) is 6.61 Å². The van der Waals surface area contributed by atoms with Crippen LogP contribution in [-0.2, 0) is 30.3 Å². The normalized spacial score (nSPS) is 36.1. The van der Waals surface area contributed by atoms with Crippen LogP contribution >= 0.6 is 6.72 Å². The third kappa shape index (κ3) is 4.07. The van der Waals surface area contributed by atoms with E-state index in [1.165, 1.54) is 67.2 Å². The van der Waals surface area contributed by atoms with Crippen LogP contribution in [0.5, 0.6) is 0 Å². The number of aliphatic hydroxyl groups is 4. The van der Waals surface area contributed by atoms with Crippen molar-refractivity contribution in [3.63, 3.8) is 0 Å². The summed E-state index contributed by atoms with van der Waals surface area (Å²) in [6, 6.07) is 2.48. The third-order valence-electron chi connectivity index (χ3n) is 7.58. The molecular formula is C22H23N6O11PS. The van der Waals surface area contributed by atoms with E-state index in [4.69, 9.17) is 30.3 Å². The maximum atomic E-state index is 12.2. The zero-order valence-corrected chi connectivity index (χ0v) is 22.4. The van der Waals surface area contributed by atoms with Crippen molar-refractivity contribution in [1.29, 1.82) is 0 Å². The topological polar surface area (TPSA) is 217 Å². The summed E-state index contributed by atoms with van der Waals surface area (Å²) in [5, 5.41) is 42.6. The molecule has 2 unspecified atom stereocenters. The van der Waals surface area contributed by atoms with Gasteiger partial charge in [0.2, 0.25) is 11.6 Å². The first-order chi connectivity index (χ1) is 19.5. The van der Waals surface area contributed by atoms with E-state index < -0.39 is 68.0 Å². The predicted molar refractivity (Wildman–Crippen MR) is 137 cm³/mol. The molecule has 1 saturated carbocycles. The summed E-state index contributed by atoms with van der Waals surface area (Å²) in [6.45, 7) is -4.75. The molecule has 0 bridgehead atoms. The second kappa shape index (κ2) is 9.32. The number of hydrogen-bond acceptors (Lipinski definition) is 13. The van der Waals surface area contributed by atoms with Crippen LogP contribution in [0, 0.1) is 0 Å². The minimum absolute atomic E-state index is 0.152. The summed E-state index contributed by atoms with van der Waals surface area (Å²) in [4.78, 5) is 43.4. The van der Waals surface area contributed by atoms with E-state index in [0.29, 0.717) is 0 Å². The summed E-state index contributed by atoms with van der Waals surface area (Å²) in [6.07, 6.45) is -1.90. The highest BCUT2D eigenvalue weighted by Gasteiger charge is 2.78. The average Bonchev–Trinajstić information content (AvgIpc) is 3.56. The lowest BCUT2D eigenvalue weighted by Gasteiger charge is -2.30. The Morgan fingerprint density at radius 2 is 1.51 bits per heavy atom. The highest BCUT2D eigenvalue weighted by atomic mass is 32.5. The van der Waals surface area contributed by atoms with Gasteiger partial charge in [0.15, 0.2) is 18.1 Å². The number of fused-ring (bicyclic) bond motifs is 3. The summed E-state index contributed by atoms with van der Waals surface area (Å²) in [5.41, 5.74) is -2.65. The fourth-order valence-corrected chi connectivity index (χ4v) is 6.81. The zero-order valence-electron chi connectivity index (χ0n) is 20.7. The van der Waals surface area contributed by atoms with E-state index in [1.807, 2.05) is 0 Å². The second-order valence-electron chi connectivity index (χ2n) is 9.93. The lowest BCUT2D eigenvalue weighted by atomic mass is 10.1. The van der Waals surface area contributed by atoms with Gasteiger partial charge in [0.25, 0.3) is 11.1 Å². The van der Waals surface area contributed by atoms with Crippen molar-refractivity contribution in [1.82, 2.24) is 27.9 Å². The first-order valence-electron chi connectivity index (χ1n) is 12.3. The summed E-state index contributed by atoms with van der Waals surface area (Å²) in [7, 11) is 0. The molecule has 0 radical (unpaired) electrons. The van der Waals surface area contributed by atoms with Gasteiger partial charge in [-0.05, 0) is 11.8 Å². The molecule has 0 amide bonds. The van der Waals surface area contributed by atoms with Gasteiger partial charge in [-0.25, -0.2) is 9.97 Å². The molecule has 0 spiro atoms. The molecule has 2 saturated heterocycles. The van der Waals surface area contributed by atoms with Gasteiger partial charge in [-0.15, -0.1) is 0 Å². The van der Waals surface area contributed by atoms with Crippen LogP contribution in [0.3, 0.4) is 0 Å². The van der Waals surface area contributed by atoms with Gasteiger partial charge in [0, 0.05) is 49.3 Å². The fourth-order valence-electron chi connectivity index (χ4n) is 5.39. The molecule has 1 aliphatic carbocycles. The molecular weight excluding hydrogens is 587 g/mol. The zero-order chi connectivity index (χ0) is 28.8. The Bertz CT molecular complexity index is 1820. The van der Waals surface area contributed by atoms with Crippen molar-refractivity contribution in [3.8, 4) is 0 Å². The number of hydrogen-bond donors (Lipinski definition) is 5. The van der Waals surface area contributed by atoms with Crippen LogP contribution in [0.25, 0.3) is 11.6 Å². The number of nitrogens with zero attached hydrogens (tertiary/aromatic N) is 6. The molecule has 41 heavy (non-hydrogen) atoms. The molecule has 10 atom stereocenters. The van der Waals surface area contributed by atoms with E-state index in [-0.39, 0.29) is 22.7 Å². The van der Waals surface area contributed by atoms with Crippen molar-refractivity contribution in [2.24, 2.45) is 0 Å². The first-order valence-corrected chi connectivity index (χ1v) is 14.9. The third-order valence-corrected chi connectivity index (χ3v) is 9.12. The Kier molecular flexibility index (Phi) is 6.13. The molecule has 3 fully saturated rings. The van der Waals surface area contributed by atoms with Gasteiger partial charge >= 0.3 is 6.72 Å². The Morgan fingerprint density at radius 3 is 2.12 bits per heavy atom. The van der Waals surface area contributed by atoms with Gasteiger partial charge in [-0.3, -0.25) is 32.0 Å². The second-order valence-corrected chi connectivity index (χ2v) is 12.7. The standard InChI is InChI=1S/C22H23N6O11PS/c29-11-1-5-27(20-23-3-7-25(11)20)18-14(32)13(31)10(37-18)9-36-40(35,41)39-17-19(38-16-15(33)22(16,17)34)28-6-2-12(30)26-8-4-24-21(26)28/h1-8,10,13-19,31-34H,9H2,(H,35,41)/t10-,13-,14-,15?,16-,17+,18-,19-,22-,40?/m1/s1. The SMILES string of the molecule is O=c1ccn([C@@H]2O[C@H](COP(O)(=S)O[C@H]3[C@H](n4ccc(=O)n5ccnc45)O[C@@H]4C(O)[C@@]43O)[C@@H](O)[C@H]2O)c2nccn12. The Hall–Kier alpha value is -2.87. The number of aliphatic hydroxyl groups excluding tert-OH is 3. The van der Waals surface area contributed by atoms with Crippen LogP contribution in [0.15, 0.2) is 58.9 Å². The molecule has 4 aromatic rings. The smallest absolute Gasteiger partial charge is 0.325 e. The molecule has 6 heterocycles. The molecule has 2 aliphatic heterocycles. The highest BCUT2D eigenvalue weighted by molar-refractivity contribution is 8.07. The fraction of sp³-hybridized carbons (Fsp3) is 0.455. The minimum atomic E-state index is -4.22. The predicted octanol–water partition coefficient (Wildman–Crippen LogP) is -2.75. The molecule has 17 nitrogen and oxygen atoms in total. The summed E-state index contributed by atoms with van der Waals surface area (Å²) in [5.74, 6) is 0.317. The molecule has 4 aromatic heterocycles. The van der Waals surface area contributed by atoms with Crippen LogP contribution in [0.4, 0.5) is 0 Å². The monoisotopic (exact) mass is 610 g/mol. The van der Waals surface area contributed by atoms with Gasteiger partial charge < -0.3 is 39.3 Å². The summed E-state index contributed by atoms with van der Waals surface area (Å²) < 4.78 is 27.9. The first kappa shape index (κ1) is 27.0. The van der Waals surface area contributed by atoms with E-state index in [0.717, 1.165) is 0 Å². The lowest BCUT2D eigenvalue weighted by Crippen LogP contribution is -2.39. The number of rotatable bonds is 7. The van der Waals surface area contributed by atoms with E-state index in [1.54, 1.807) is 0 Å². The molecule has 218 valence electrons. The molecule has 0 aromatic carbocycles. The van der Waals surface area contributed by atoms with Crippen molar-refractivity contribution < 1.29 is 43.8 Å². The van der Waals surface area contributed by atoms with Crippen molar-refractivity contribution >= 4 is 30.1 Å². The van der Waals surface area contributed by atoms with Crippen LogP contribution < -0.4 is 11.1 Å². The van der Waals surface area contributed by atoms with Gasteiger partial charge in [0.1, 0.15) is 36.6 Å². The quantitative estimate of drug-likeness (QED) is 0.134. The molecule has 5 N–H and O–H groups in total. The van der Waals surface area contributed by atoms with Gasteiger partial charge in [0.05, 0.1) is 6.61 Å². The molecule has 19 heteroatoms. The van der Waals surface area contributed by atoms with Crippen LogP contribution in [0.1, 0.15) is 12.5 Å². The van der Waals surface area contributed by atoms with E-state index in [9.17, 15) is 34.9 Å². The maximum Gasteiger partial charge on any atom is 0.325 e. The van der Waals surface area contributed by atoms with E-state index >= 15 is 0 Å². The van der Waals surface area contributed by atoms with Crippen molar-refractivity contribution in [3.05, 3.63) is 70.0 Å². The van der Waals surface area contributed by atoms with Gasteiger partial charge in [-0.1, -0.05) is 0 Å². The number of ether oxygens (including phenoxy) is 2. The number of imidazole rings is 2. The number of aromatic nitrogens is 6. The average molecular weight is 610 g/mol. The minimum Gasteiger partial charge on any atom is -0.387 e. The van der Waals surface area contributed by atoms with Crippen molar-refractivity contribution in [2.45, 2.75) is 54.7 Å². The van der Waals surface area contributed by atoms with Gasteiger partial charge in [-0.2, -0.15) is 0 Å². The maximum absolute atomic E-state index is 12.2. The summed E-state index contributed by atoms with van der Waals surface area (Å²) >= 11 is 5.18. The Labute approximate surface area is 233 Å². The molecule has 7 rings (SSSR count). The largest absolute Gasteiger partial charge is 0.387 e. The molecule has 3 aliphatic rings. The van der Waals surface area contributed by atoms with Crippen LogP contribution in [0.2, 0.25) is 0 Å². The van der Waals surface area contributed by atoms with E-state index in [2.05, 4.69) is 9.97 Å². The lowest BCUT2D eigenvalue weighted by molar-refractivity contribution is -0.0918. The van der Waals surface area contributed by atoms with Crippen LogP contribution in [-0.4, -0.2) is 102 Å². The Balaban J connectivity index is 1.09. The highest BCUT2D eigenvalue weighted by Crippen LogP contribution is 2.60.